The largest absolute Gasteiger partial charge is 0.325 e. The number of anilines is 2. The number of rotatable bonds is 9. The van der Waals surface area contributed by atoms with Crippen LogP contribution in [0.4, 0.5) is 11.6 Å². The monoisotopic (exact) mass is 510 g/mol. The molecule has 0 aliphatic heterocycles. The van der Waals surface area contributed by atoms with E-state index >= 15 is 0 Å². The quantitative estimate of drug-likeness (QED) is 0.294. The highest BCUT2D eigenvalue weighted by Gasteiger charge is 2.16. The van der Waals surface area contributed by atoms with Crippen molar-refractivity contribution in [2.24, 2.45) is 0 Å². The van der Waals surface area contributed by atoms with E-state index in [4.69, 9.17) is 0 Å². The summed E-state index contributed by atoms with van der Waals surface area (Å²) in [5, 5.41) is 3.06. The Morgan fingerprint density at radius 1 is 1.15 bits per heavy atom. The molecule has 10 nitrogen and oxygen atoms in total. The number of thioether (sulfide) groups is 1. The molecule has 176 valence electrons. The highest BCUT2D eigenvalue weighted by atomic mass is 35.5. The van der Waals surface area contributed by atoms with E-state index in [2.05, 4.69) is 30.0 Å². The van der Waals surface area contributed by atoms with E-state index < -0.39 is 10.0 Å². The van der Waals surface area contributed by atoms with Gasteiger partial charge in [0.05, 0.1) is 10.6 Å². The van der Waals surface area contributed by atoms with Crippen molar-refractivity contribution in [2.75, 3.05) is 15.8 Å². The van der Waals surface area contributed by atoms with Gasteiger partial charge in [-0.05, 0) is 43.7 Å². The number of nitrogens with zero attached hydrogens (tertiary/aromatic N) is 3. The van der Waals surface area contributed by atoms with Crippen molar-refractivity contribution in [3.63, 3.8) is 0 Å². The summed E-state index contributed by atoms with van der Waals surface area (Å²) >= 11 is 1.11. The minimum Gasteiger partial charge on any atom is -0.325 e. The van der Waals surface area contributed by atoms with E-state index in [1.807, 2.05) is 6.92 Å². The third-order valence-electron chi connectivity index (χ3n) is 4.09. The summed E-state index contributed by atoms with van der Waals surface area (Å²) in [6.45, 7) is 3.72. The normalized spacial score (nSPS) is 10.8. The summed E-state index contributed by atoms with van der Waals surface area (Å²) in [7, 11) is -3.87. The predicted molar refractivity (Wildman–Crippen MR) is 129 cm³/mol. The molecule has 0 radical (unpaired) electrons. The van der Waals surface area contributed by atoms with E-state index in [-0.39, 0.29) is 40.5 Å². The molecule has 0 spiro atoms. The van der Waals surface area contributed by atoms with E-state index in [1.165, 1.54) is 36.5 Å². The molecule has 0 atom stereocenters. The average molecular weight is 511 g/mol. The lowest BCUT2D eigenvalue weighted by molar-refractivity contribution is -0.113. The summed E-state index contributed by atoms with van der Waals surface area (Å²) in [4.78, 5) is 38.8. The molecule has 33 heavy (non-hydrogen) atoms. The first-order chi connectivity index (χ1) is 15.2. The van der Waals surface area contributed by atoms with Crippen molar-refractivity contribution in [2.45, 2.75) is 36.7 Å². The third kappa shape index (κ3) is 7.84. The maximum absolute atomic E-state index is 12.5. The topological polar surface area (TPSA) is 147 Å². The number of H-pyrrole nitrogens is 1. The van der Waals surface area contributed by atoms with Crippen LogP contribution in [0.2, 0.25) is 0 Å². The Hall–Kier alpha value is -2.96. The van der Waals surface area contributed by atoms with E-state index in [1.54, 1.807) is 13.0 Å². The number of benzene rings is 1. The van der Waals surface area contributed by atoms with Gasteiger partial charge in [-0.3, -0.25) is 9.59 Å². The first-order valence-electron chi connectivity index (χ1n) is 9.70. The van der Waals surface area contributed by atoms with Crippen LogP contribution in [0.25, 0.3) is 0 Å². The molecule has 0 aliphatic carbocycles. The summed E-state index contributed by atoms with van der Waals surface area (Å²) in [6, 6.07) is 8.81. The molecule has 0 bridgehead atoms. The molecule has 0 saturated heterocycles. The first-order valence-corrected chi connectivity index (χ1v) is 12.2. The molecular weight excluding hydrogens is 488 g/mol. The van der Waals surface area contributed by atoms with Gasteiger partial charge in [-0.25, -0.2) is 28.1 Å². The molecule has 2 heterocycles. The molecule has 0 fully saturated rings. The van der Waals surface area contributed by atoms with E-state index in [0.717, 1.165) is 18.2 Å². The molecule has 3 aromatic rings. The molecular formula is C20H23ClN6O4S2. The van der Waals surface area contributed by atoms with Crippen LogP contribution in [0.3, 0.4) is 0 Å². The molecule has 3 rings (SSSR count). The number of hydrogen-bond acceptors (Lipinski definition) is 8. The van der Waals surface area contributed by atoms with Crippen LogP contribution in [0.5, 0.6) is 0 Å². The van der Waals surface area contributed by atoms with E-state index in [9.17, 15) is 18.0 Å². The number of hydrogen-bond donors (Lipinski definition) is 3. The number of carbonyl (C=O) groups excluding carboxylic acids is 1. The predicted octanol–water partition coefficient (Wildman–Crippen LogP) is 2.77. The van der Waals surface area contributed by atoms with E-state index in [0.29, 0.717) is 28.7 Å². The van der Waals surface area contributed by atoms with Crippen molar-refractivity contribution in [1.82, 2.24) is 19.9 Å². The number of halogens is 1. The molecule has 3 N–H and O–H groups in total. The molecule has 13 heteroatoms. The summed E-state index contributed by atoms with van der Waals surface area (Å²) < 4.78 is 27.3. The number of aryl methyl sites for hydroxylation is 2. The van der Waals surface area contributed by atoms with Gasteiger partial charge in [-0.15, -0.1) is 12.4 Å². The van der Waals surface area contributed by atoms with Gasteiger partial charge in [0.2, 0.25) is 11.9 Å². The second-order valence-corrected chi connectivity index (χ2v) is 9.43. The number of carbonyl (C=O) groups is 1. The van der Waals surface area contributed by atoms with Gasteiger partial charge in [0.25, 0.3) is 15.6 Å². The van der Waals surface area contributed by atoms with Gasteiger partial charge in [0, 0.05) is 29.3 Å². The Morgan fingerprint density at radius 3 is 2.55 bits per heavy atom. The number of sulfonamides is 1. The van der Waals surface area contributed by atoms with Crippen LogP contribution >= 0.6 is 24.2 Å². The Balaban J connectivity index is 0.00000385. The zero-order valence-corrected chi connectivity index (χ0v) is 20.3. The third-order valence-corrected chi connectivity index (χ3v) is 6.31. The highest BCUT2D eigenvalue weighted by molar-refractivity contribution is 7.99. The maximum atomic E-state index is 12.5. The lowest BCUT2D eigenvalue weighted by atomic mass is 10.2. The van der Waals surface area contributed by atoms with Crippen LogP contribution in [-0.4, -0.2) is 40.0 Å². The number of aromatic nitrogens is 4. The van der Waals surface area contributed by atoms with Crippen LogP contribution in [0.15, 0.2) is 57.4 Å². The minimum absolute atomic E-state index is 0. The van der Waals surface area contributed by atoms with Crippen LogP contribution in [-0.2, 0) is 21.2 Å². The second kappa shape index (κ2) is 11.8. The minimum atomic E-state index is -3.87. The first kappa shape index (κ1) is 26.3. The number of aromatic amines is 1. The van der Waals surface area contributed by atoms with Crippen LogP contribution < -0.4 is 15.6 Å². The lowest BCUT2D eigenvalue weighted by Crippen LogP contribution is -2.17. The molecule has 1 aromatic carbocycles. The standard InChI is InChI=1S/C20H22N6O4S2.ClH/c1-3-4-15-11-17(27)25-20(24-15)31-12-18(28)23-14-5-7-16(8-6-14)32(29,30)26-19-21-10-9-13(2)22-19;/h5-11H,3-4,12H2,1-2H3,(H,23,28)(H,21,22,26)(H,24,25,27);1H. The summed E-state index contributed by atoms with van der Waals surface area (Å²) in [6.07, 6.45) is 3.01. The smallest absolute Gasteiger partial charge is 0.264 e. The summed E-state index contributed by atoms with van der Waals surface area (Å²) in [5.41, 5.74) is 1.49. The van der Waals surface area contributed by atoms with Crippen LogP contribution in [0, 0.1) is 6.92 Å². The molecule has 0 saturated carbocycles. The van der Waals surface area contributed by atoms with Gasteiger partial charge in [0.15, 0.2) is 5.16 Å². The van der Waals surface area contributed by atoms with Crippen LogP contribution in [0.1, 0.15) is 24.7 Å². The number of nitrogens with one attached hydrogen (secondary N) is 3. The number of amides is 1. The summed E-state index contributed by atoms with van der Waals surface area (Å²) in [5.74, 6) is -0.306. The second-order valence-electron chi connectivity index (χ2n) is 6.78. The SMILES string of the molecule is CCCc1cc(=O)[nH]c(SCC(=O)Nc2ccc(S(=O)(=O)Nc3nccc(C)n3)cc2)n1.Cl. The fourth-order valence-corrected chi connectivity index (χ4v) is 4.31. The molecule has 1 amide bonds. The van der Waals surface area contributed by atoms with Gasteiger partial charge in [-0.2, -0.15) is 0 Å². The maximum Gasteiger partial charge on any atom is 0.264 e. The Morgan fingerprint density at radius 2 is 1.88 bits per heavy atom. The zero-order chi connectivity index (χ0) is 23.1. The van der Waals surface area contributed by atoms with Gasteiger partial charge in [0.1, 0.15) is 0 Å². The van der Waals surface area contributed by atoms with Gasteiger partial charge >= 0.3 is 0 Å². The van der Waals surface area contributed by atoms with Crippen molar-refractivity contribution in [3.8, 4) is 0 Å². The molecule has 0 unspecified atom stereocenters. The highest BCUT2D eigenvalue weighted by Crippen LogP contribution is 2.18. The fourth-order valence-electron chi connectivity index (χ4n) is 2.66. The Labute approximate surface area is 201 Å². The van der Waals surface area contributed by atoms with Crippen molar-refractivity contribution in [3.05, 3.63) is 64.3 Å². The fraction of sp³-hybridized carbons (Fsp3) is 0.250. The Bertz CT molecular complexity index is 1270. The Kier molecular flexibility index (Phi) is 9.38. The molecule has 2 aromatic heterocycles. The van der Waals surface area contributed by atoms with Crippen molar-refractivity contribution < 1.29 is 13.2 Å². The van der Waals surface area contributed by atoms with Gasteiger partial charge < -0.3 is 10.3 Å². The average Bonchev–Trinajstić information content (AvgIpc) is 2.72. The molecule has 0 aliphatic rings. The zero-order valence-electron chi connectivity index (χ0n) is 17.9. The van der Waals surface area contributed by atoms with Gasteiger partial charge in [-0.1, -0.05) is 25.1 Å². The van der Waals surface area contributed by atoms with Crippen molar-refractivity contribution in [1.29, 1.82) is 0 Å². The lowest BCUT2D eigenvalue weighted by Gasteiger charge is -2.09. The van der Waals surface area contributed by atoms with Crippen molar-refractivity contribution >= 4 is 51.7 Å².